The van der Waals surface area contributed by atoms with E-state index in [0.717, 1.165) is 31.5 Å². The SMILES string of the molecule is CS(=O)(=O)C1CC(N2CCCCC2=O)CCN1Nc1ccccc1. The van der Waals surface area contributed by atoms with Crippen molar-refractivity contribution in [2.75, 3.05) is 24.8 Å². The number of carbonyl (C=O) groups excluding carboxylic acids is 1. The van der Waals surface area contributed by atoms with Crippen LogP contribution in [0.1, 0.15) is 32.1 Å². The number of nitrogens with one attached hydrogen (secondary N) is 1. The van der Waals surface area contributed by atoms with E-state index in [0.29, 0.717) is 19.4 Å². The van der Waals surface area contributed by atoms with Crippen molar-refractivity contribution in [1.29, 1.82) is 0 Å². The molecule has 0 aromatic heterocycles. The highest BCUT2D eigenvalue weighted by Crippen LogP contribution is 2.28. The smallest absolute Gasteiger partial charge is 0.222 e. The monoisotopic (exact) mass is 351 g/mol. The number of carbonyl (C=O) groups is 1. The third kappa shape index (κ3) is 3.89. The van der Waals surface area contributed by atoms with Gasteiger partial charge in [0, 0.05) is 37.5 Å². The fourth-order valence-electron chi connectivity index (χ4n) is 3.62. The summed E-state index contributed by atoms with van der Waals surface area (Å²) in [5, 5.41) is 1.18. The largest absolute Gasteiger partial charge is 0.340 e. The molecule has 1 amide bonds. The van der Waals surface area contributed by atoms with Crippen LogP contribution in [0.5, 0.6) is 0 Å². The van der Waals surface area contributed by atoms with Gasteiger partial charge in [0.2, 0.25) is 5.91 Å². The molecule has 2 atom stereocenters. The Kier molecular flexibility index (Phi) is 5.10. The molecule has 2 saturated heterocycles. The van der Waals surface area contributed by atoms with Crippen LogP contribution in [0.2, 0.25) is 0 Å². The van der Waals surface area contributed by atoms with Gasteiger partial charge in [-0.3, -0.25) is 4.79 Å². The molecule has 2 aliphatic heterocycles. The lowest BCUT2D eigenvalue weighted by Crippen LogP contribution is -2.56. The van der Waals surface area contributed by atoms with Crippen molar-refractivity contribution in [3.8, 4) is 0 Å². The molecule has 0 saturated carbocycles. The van der Waals surface area contributed by atoms with Gasteiger partial charge in [0.1, 0.15) is 5.37 Å². The Morgan fingerprint density at radius 3 is 2.54 bits per heavy atom. The average molecular weight is 351 g/mol. The summed E-state index contributed by atoms with van der Waals surface area (Å²) in [5.74, 6) is 0.169. The van der Waals surface area contributed by atoms with Crippen molar-refractivity contribution >= 4 is 21.4 Å². The number of hydrogen-bond donors (Lipinski definition) is 1. The average Bonchev–Trinajstić information content (AvgIpc) is 2.56. The maximum Gasteiger partial charge on any atom is 0.222 e. The van der Waals surface area contributed by atoms with E-state index < -0.39 is 15.2 Å². The minimum Gasteiger partial charge on any atom is -0.340 e. The number of rotatable bonds is 4. The molecule has 7 heteroatoms. The molecular weight excluding hydrogens is 326 g/mol. The van der Waals surface area contributed by atoms with E-state index in [9.17, 15) is 13.2 Å². The second-order valence-electron chi connectivity index (χ2n) is 6.68. The Morgan fingerprint density at radius 2 is 1.88 bits per heavy atom. The summed E-state index contributed by atoms with van der Waals surface area (Å²) >= 11 is 0. The summed E-state index contributed by atoms with van der Waals surface area (Å²) in [4.78, 5) is 14.1. The van der Waals surface area contributed by atoms with Crippen LogP contribution in [0.4, 0.5) is 5.69 Å². The first-order valence-corrected chi connectivity index (χ1v) is 10.5. The highest BCUT2D eigenvalue weighted by atomic mass is 32.2. The molecule has 2 fully saturated rings. The molecule has 0 spiro atoms. The summed E-state index contributed by atoms with van der Waals surface area (Å²) in [6.07, 6.45) is 5.07. The lowest BCUT2D eigenvalue weighted by atomic mass is 10.00. The van der Waals surface area contributed by atoms with E-state index in [1.165, 1.54) is 6.26 Å². The van der Waals surface area contributed by atoms with E-state index in [1.807, 2.05) is 35.2 Å². The number of anilines is 1. The fraction of sp³-hybridized carbons (Fsp3) is 0.588. The zero-order valence-corrected chi connectivity index (χ0v) is 14.8. The summed E-state index contributed by atoms with van der Waals surface area (Å²) < 4.78 is 24.6. The lowest BCUT2D eigenvalue weighted by Gasteiger charge is -2.43. The molecule has 3 rings (SSSR count). The number of para-hydroxylation sites is 1. The third-order valence-electron chi connectivity index (χ3n) is 4.87. The topological polar surface area (TPSA) is 69.7 Å². The number of nitrogens with zero attached hydrogens (tertiary/aromatic N) is 2. The Bertz CT molecular complexity index is 678. The molecule has 2 unspecified atom stereocenters. The molecule has 24 heavy (non-hydrogen) atoms. The molecule has 0 radical (unpaired) electrons. The number of hydrogen-bond acceptors (Lipinski definition) is 5. The Morgan fingerprint density at radius 1 is 1.12 bits per heavy atom. The van der Waals surface area contributed by atoms with Gasteiger partial charge in [-0.15, -0.1) is 0 Å². The molecule has 6 nitrogen and oxygen atoms in total. The van der Waals surface area contributed by atoms with Crippen molar-refractivity contribution in [2.45, 2.75) is 43.5 Å². The fourth-order valence-corrected chi connectivity index (χ4v) is 4.81. The van der Waals surface area contributed by atoms with Gasteiger partial charge in [0.15, 0.2) is 9.84 Å². The van der Waals surface area contributed by atoms with Crippen molar-refractivity contribution in [1.82, 2.24) is 9.91 Å². The van der Waals surface area contributed by atoms with Gasteiger partial charge < -0.3 is 10.3 Å². The Balaban J connectivity index is 1.75. The van der Waals surface area contributed by atoms with Crippen LogP contribution in [0.25, 0.3) is 0 Å². The highest BCUT2D eigenvalue weighted by Gasteiger charge is 2.39. The van der Waals surface area contributed by atoms with Crippen LogP contribution >= 0.6 is 0 Å². The van der Waals surface area contributed by atoms with E-state index in [4.69, 9.17) is 0 Å². The van der Waals surface area contributed by atoms with Crippen molar-refractivity contribution < 1.29 is 13.2 Å². The molecule has 0 bridgehead atoms. The standard InChI is InChI=1S/C17H25N3O3S/c1-24(22,23)17-13-15(19-11-6-5-9-16(19)21)10-12-20(17)18-14-7-3-2-4-8-14/h2-4,7-8,15,17-18H,5-6,9-13H2,1H3. The molecule has 2 heterocycles. The first-order chi connectivity index (χ1) is 11.4. The van der Waals surface area contributed by atoms with Crippen LogP contribution in [-0.2, 0) is 14.6 Å². The van der Waals surface area contributed by atoms with Gasteiger partial charge in [0.05, 0.1) is 0 Å². The third-order valence-corrected chi connectivity index (χ3v) is 6.30. The van der Waals surface area contributed by atoms with Crippen LogP contribution in [-0.4, -0.2) is 55.0 Å². The molecule has 2 aliphatic rings. The summed E-state index contributed by atoms with van der Waals surface area (Å²) in [7, 11) is -3.26. The number of amides is 1. The van der Waals surface area contributed by atoms with Crippen molar-refractivity contribution in [3.05, 3.63) is 30.3 Å². The minimum absolute atomic E-state index is 0.0198. The maximum atomic E-state index is 12.3. The molecular formula is C17H25N3O3S. The second kappa shape index (κ2) is 7.11. The molecule has 1 aromatic carbocycles. The molecule has 1 aromatic rings. The number of hydrazine groups is 1. The van der Waals surface area contributed by atoms with Crippen LogP contribution < -0.4 is 5.43 Å². The minimum atomic E-state index is -3.26. The van der Waals surface area contributed by atoms with Crippen molar-refractivity contribution in [2.24, 2.45) is 0 Å². The van der Waals surface area contributed by atoms with E-state index >= 15 is 0 Å². The molecule has 0 aliphatic carbocycles. The number of likely N-dealkylation sites (tertiary alicyclic amines) is 1. The number of piperidine rings is 2. The van der Waals surface area contributed by atoms with Gasteiger partial charge in [-0.25, -0.2) is 13.4 Å². The van der Waals surface area contributed by atoms with Gasteiger partial charge in [0.25, 0.3) is 0 Å². The van der Waals surface area contributed by atoms with Gasteiger partial charge in [-0.2, -0.15) is 0 Å². The maximum absolute atomic E-state index is 12.3. The Hall–Kier alpha value is -1.60. The summed E-state index contributed by atoms with van der Waals surface area (Å²) in [6, 6.07) is 9.60. The summed E-state index contributed by atoms with van der Waals surface area (Å²) in [5.41, 5.74) is 4.10. The Labute approximate surface area is 143 Å². The zero-order valence-electron chi connectivity index (χ0n) is 14.0. The van der Waals surface area contributed by atoms with Crippen LogP contribution in [0, 0.1) is 0 Å². The van der Waals surface area contributed by atoms with E-state index in [2.05, 4.69) is 5.43 Å². The van der Waals surface area contributed by atoms with E-state index in [1.54, 1.807) is 5.01 Å². The van der Waals surface area contributed by atoms with Gasteiger partial charge in [-0.1, -0.05) is 18.2 Å². The lowest BCUT2D eigenvalue weighted by molar-refractivity contribution is -0.136. The predicted molar refractivity (Wildman–Crippen MR) is 94.0 cm³/mol. The van der Waals surface area contributed by atoms with E-state index in [-0.39, 0.29) is 11.9 Å². The summed E-state index contributed by atoms with van der Waals surface area (Å²) in [6.45, 7) is 1.35. The number of sulfone groups is 1. The zero-order chi connectivity index (χ0) is 17.2. The van der Waals surface area contributed by atoms with Crippen LogP contribution in [0.3, 0.4) is 0 Å². The second-order valence-corrected chi connectivity index (χ2v) is 8.88. The van der Waals surface area contributed by atoms with Crippen LogP contribution in [0.15, 0.2) is 30.3 Å². The first kappa shape index (κ1) is 17.2. The number of benzene rings is 1. The first-order valence-electron chi connectivity index (χ1n) is 8.52. The van der Waals surface area contributed by atoms with Gasteiger partial charge >= 0.3 is 0 Å². The normalized spacial score (nSPS) is 26.4. The van der Waals surface area contributed by atoms with Crippen molar-refractivity contribution in [3.63, 3.8) is 0 Å². The highest BCUT2D eigenvalue weighted by molar-refractivity contribution is 7.91. The predicted octanol–water partition coefficient (Wildman–Crippen LogP) is 1.86. The molecule has 1 N–H and O–H groups in total. The van der Waals surface area contributed by atoms with Gasteiger partial charge in [-0.05, 0) is 37.8 Å². The quantitative estimate of drug-likeness (QED) is 0.897. The molecule has 132 valence electrons.